The van der Waals surface area contributed by atoms with E-state index in [0.717, 1.165) is 11.1 Å². The van der Waals surface area contributed by atoms with Crippen molar-refractivity contribution in [3.8, 4) is 16.9 Å². The molecule has 0 heterocycles. The molecule has 3 heteroatoms. The molecule has 3 nitrogen and oxygen atoms in total. The molecular weight excluding hydrogens is 214 g/mol. The summed E-state index contributed by atoms with van der Waals surface area (Å²) in [5.41, 5.74) is 8.39. The van der Waals surface area contributed by atoms with Crippen LogP contribution in [0.25, 0.3) is 11.1 Å². The molecule has 0 radical (unpaired) electrons. The normalized spacial score (nSPS) is 9.94. The fraction of sp³-hybridized carbons (Fsp3) is 0.0714. The lowest BCUT2D eigenvalue weighted by Crippen LogP contribution is -2.16. The topological polar surface area (TPSA) is 52.3 Å². The second kappa shape index (κ2) is 4.70. The molecule has 17 heavy (non-hydrogen) atoms. The molecule has 0 aliphatic rings. The Morgan fingerprint density at radius 2 is 1.71 bits per heavy atom. The van der Waals surface area contributed by atoms with E-state index in [1.165, 1.54) is 5.56 Å². The van der Waals surface area contributed by atoms with Gasteiger partial charge in [0.05, 0.1) is 0 Å². The van der Waals surface area contributed by atoms with Crippen molar-refractivity contribution < 1.29 is 9.53 Å². The molecule has 2 N–H and O–H groups in total. The van der Waals surface area contributed by atoms with Crippen LogP contribution in [0.2, 0.25) is 0 Å². The van der Waals surface area contributed by atoms with E-state index in [-0.39, 0.29) is 0 Å². The van der Waals surface area contributed by atoms with E-state index in [2.05, 4.69) is 19.1 Å². The van der Waals surface area contributed by atoms with Gasteiger partial charge < -0.3 is 10.5 Å². The van der Waals surface area contributed by atoms with E-state index < -0.39 is 6.09 Å². The third kappa shape index (κ3) is 2.64. The standard InChI is InChI=1S/C14H13NO2/c1-10-4-2-3-5-13(10)11-6-8-12(9-7-11)17-14(15)16/h2-9H,1H3,(H2,15,16). The quantitative estimate of drug-likeness (QED) is 0.856. The molecule has 0 aliphatic heterocycles. The van der Waals surface area contributed by atoms with Gasteiger partial charge in [-0.15, -0.1) is 0 Å². The Hall–Kier alpha value is -2.29. The largest absolute Gasteiger partial charge is 0.411 e. The average Bonchev–Trinajstić information content (AvgIpc) is 2.30. The Bertz CT molecular complexity index is 532. The Morgan fingerprint density at radius 3 is 2.29 bits per heavy atom. The van der Waals surface area contributed by atoms with Crippen LogP contribution in [0.4, 0.5) is 4.79 Å². The summed E-state index contributed by atoms with van der Waals surface area (Å²) in [5, 5.41) is 0. The highest BCUT2D eigenvalue weighted by Crippen LogP contribution is 2.25. The molecule has 0 aliphatic carbocycles. The lowest BCUT2D eigenvalue weighted by atomic mass is 10.0. The molecule has 2 rings (SSSR count). The molecule has 0 saturated carbocycles. The first-order valence-corrected chi connectivity index (χ1v) is 5.30. The highest BCUT2D eigenvalue weighted by atomic mass is 16.5. The average molecular weight is 227 g/mol. The zero-order chi connectivity index (χ0) is 12.3. The maximum atomic E-state index is 10.6. The molecule has 0 atom stereocenters. The van der Waals surface area contributed by atoms with Gasteiger partial charge in [0.1, 0.15) is 5.75 Å². The number of ether oxygens (including phenoxy) is 1. The Morgan fingerprint density at radius 1 is 1.06 bits per heavy atom. The zero-order valence-electron chi connectivity index (χ0n) is 9.51. The summed E-state index contributed by atoms with van der Waals surface area (Å²) in [4.78, 5) is 10.6. The van der Waals surface area contributed by atoms with Gasteiger partial charge in [0, 0.05) is 0 Å². The van der Waals surface area contributed by atoms with Gasteiger partial charge in [-0.1, -0.05) is 36.4 Å². The summed E-state index contributed by atoms with van der Waals surface area (Å²) in [6.45, 7) is 2.06. The molecule has 0 aromatic heterocycles. The number of rotatable bonds is 2. The first kappa shape index (κ1) is 11.2. The molecule has 1 amide bonds. The van der Waals surface area contributed by atoms with Gasteiger partial charge in [-0.3, -0.25) is 0 Å². The summed E-state index contributed by atoms with van der Waals surface area (Å²) >= 11 is 0. The highest BCUT2D eigenvalue weighted by Gasteiger charge is 2.02. The molecule has 2 aromatic carbocycles. The number of nitrogens with two attached hydrogens (primary N) is 1. The Labute approximate surface area is 99.8 Å². The van der Waals surface area contributed by atoms with Crippen molar-refractivity contribution >= 4 is 6.09 Å². The van der Waals surface area contributed by atoms with Gasteiger partial charge in [-0.2, -0.15) is 0 Å². The van der Waals surface area contributed by atoms with Gasteiger partial charge in [0.25, 0.3) is 0 Å². The summed E-state index contributed by atoms with van der Waals surface area (Å²) in [7, 11) is 0. The van der Waals surface area contributed by atoms with E-state index in [9.17, 15) is 4.79 Å². The lowest BCUT2D eigenvalue weighted by Gasteiger charge is -2.06. The van der Waals surface area contributed by atoms with Crippen molar-refractivity contribution in [1.82, 2.24) is 0 Å². The van der Waals surface area contributed by atoms with E-state index >= 15 is 0 Å². The number of hydrogen-bond donors (Lipinski definition) is 1. The van der Waals surface area contributed by atoms with Crippen LogP contribution in [-0.4, -0.2) is 6.09 Å². The lowest BCUT2D eigenvalue weighted by molar-refractivity contribution is 0.211. The molecular formula is C14H13NO2. The van der Waals surface area contributed by atoms with E-state index in [0.29, 0.717) is 5.75 Å². The highest BCUT2D eigenvalue weighted by molar-refractivity contribution is 5.70. The molecule has 0 bridgehead atoms. The summed E-state index contributed by atoms with van der Waals surface area (Å²) < 4.78 is 4.77. The van der Waals surface area contributed by atoms with Crippen LogP contribution in [0.5, 0.6) is 5.75 Å². The third-order valence-corrected chi connectivity index (χ3v) is 2.53. The number of amides is 1. The van der Waals surface area contributed by atoms with Crippen molar-refractivity contribution in [1.29, 1.82) is 0 Å². The molecule has 86 valence electrons. The summed E-state index contributed by atoms with van der Waals surface area (Å²) in [5.74, 6) is 0.454. The number of benzene rings is 2. The first-order chi connectivity index (χ1) is 8.16. The van der Waals surface area contributed by atoms with Crippen LogP contribution in [0, 0.1) is 6.92 Å². The van der Waals surface area contributed by atoms with Gasteiger partial charge >= 0.3 is 6.09 Å². The van der Waals surface area contributed by atoms with Gasteiger partial charge in [-0.05, 0) is 35.7 Å². The minimum atomic E-state index is -0.798. The molecule has 0 unspecified atom stereocenters. The minimum Gasteiger partial charge on any atom is -0.411 e. The number of primary amides is 1. The number of aryl methyl sites for hydroxylation is 1. The smallest absolute Gasteiger partial charge is 0.409 e. The van der Waals surface area contributed by atoms with Crippen LogP contribution < -0.4 is 10.5 Å². The van der Waals surface area contributed by atoms with Crippen LogP contribution in [0.3, 0.4) is 0 Å². The van der Waals surface area contributed by atoms with Crippen LogP contribution >= 0.6 is 0 Å². The Kier molecular flexibility index (Phi) is 3.10. The van der Waals surface area contributed by atoms with Gasteiger partial charge in [0.2, 0.25) is 0 Å². The molecule has 0 saturated heterocycles. The predicted molar refractivity (Wildman–Crippen MR) is 66.8 cm³/mol. The van der Waals surface area contributed by atoms with Crippen LogP contribution in [0.1, 0.15) is 5.56 Å². The zero-order valence-corrected chi connectivity index (χ0v) is 9.51. The first-order valence-electron chi connectivity index (χ1n) is 5.30. The molecule has 0 spiro atoms. The number of hydrogen-bond acceptors (Lipinski definition) is 2. The van der Waals surface area contributed by atoms with Gasteiger partial charge in [0.15, 0.2) is 0 Å². The summed E-state index contributed by atoms with van der Waals surface area (Å²) in [6, 6.07) is 15.4. The van der Waals surface area contributed by atoms with Crippen molar-refractivity contribution in [3.63, 3.8) is 0 Å². The van der Waals surface area contributed by atoms with E-state index in [1.54, 1.807) is 12.1 Å². The maximum Gasteiger partial charge on any atom is 0.409 e. The second-order valence-corrected chi connectivity index (χ2v) is 3.76. The maximum absolute atomic E-state index is 10.6. The fourth-order valence-corrected chi connectivity index (χ4v) is 1.72. The Balaban J connectivity index is 2.30. The fourth-order valence-electron chi connectivity index (χ4n) is 1.72. The predicted octanol–water partition coefficient (Wildman–Crippen LogP) is 3.12. The van der Waals surface area contributed by atoms with E-state index in [1.807, 2.05) is 24.3 Å². The third-order valence-electron chi connectivity index (χ3n) is 2.53. The minimum absolute atomic E-state index is 0.454. The molecule has 0 fully saturated rings. The van der Waals surface area contributed by atoms with E-state index in [4.69, 9.17) is 10.5 Å². The van der Waals surface area contributed by atoms with Crippen molar-refractivity contribution in [2.45, 2.75) is 6.92 Å². The van der Waals surface area contributed by atoms with Crippen molar-refractivity contribution in [2.75, 3.05) is 0 Å². The second-order valence-electron chi connectivity index (χ2n) is 3.76. The van der Waals surface area contributed by atoms with Crippen molar-refractivity contribution in [3.05, 3.63) is 54.1 Å². The van der Waals surface area contributed by atoms with Gasteiger partial charge in [-0.25, -0.2) is 4.79 Å². The van der Waals surface area contributed by atoms with Crippen LogP contribution in [-0.2, 0) is 0 Å². The molecule has 2 aromatic rings. The van der Waals surface area contributed by atoms with Crippen LogP contribution in [0.15, 0.2) is 48.5 Å². The van der Waals surface area contributed by atoms with Crippen molar-refractivity contribution in [2.24, 2.45) is 5.73 Å². The summed E-state index contributed by atoms with van der Waals surface area (Å²) in [6.07, 6.45) is -0.798. The monoisotopic (exact) mass is 227 g/mol. The SMILES string of the molecule is Cc1ccccc1-c1ccc(OC(N)=O)cc1. The number of carbonyl (C=O) groups excluding carboxylic acids is 1. The number of carbonyl (C=O) groups is 1.